The van der Waals surface area contributed by atoms with Crippen molar-refractivity contribution in [1.29, 1.82) is 0 Å². The molecule has 3 unspecified atom stereocenters. The zero-order valence-electron chi connectivity index (χ0n) is 12.8. The van der Waals surface area contributed by atoms with Crippen LogP contribution < -0.4 is 0 Å². The second-order valence-electron chi connectivity index (χ2n) is 5.81. The molecule has 1 saturated heterocycles. The van der Waals surface area contributed by atoms with E-state index in [-0.39, 0.29) is 12.2 Å². The highest BCUT2D eigenvalue weighted by molar-refractivity contribution is 7.08. The average Bonchev–Trinajstić information content (AvgIpc) is 3.07. The largest absolute Gasteiger partial charge is 0.390 e. The lowest BCUT2D eigenvalue weighted by atomic mass is 10.2. The molecule has 2 aromatic rings. The molecule has 3 atom stereocenters. The summed E-state index contributed by atoms with van der Waals surface area (Å²) in [6.45, 7) is 6.73. The maximum Gasteiger partial charge on any atom is 0.205 e. The molecule has 120 valence electrons. The van der Waals surface area contributed by atoms with E-state index in [0.717, 1.165) is 18.7 Å². The molecule has 2 aromatic heterocycles. The van der Waals surface area contributed by atoms with Gasteiger partial charge in [-0.2, -0.15) is 16.1 Å². The minimum atomic E-state index is -0.526. The number of tetrazole rings is 1. The summed E-state index contributed by atoms with van der Waals surface area (Å²) < 4.78 is 5.70. The number of ether oxygens (including phenoxy) is 1. The fraction of sp³-hybridized carbons (Fsp3) is 0.643. The van der Waals surface area contributed by atoms with Crippen molar-refractivity contribution in [3.05, 3.63) is 16.8 Å². The van der Waals surface area contributed by atoms with E-state index in [2.05, 4.69) is 34.2 Å². The van der Waals surface area contributed by atoms with E-state index in [0.29, 0.717) is 18.9 Å². The zero-order valence-corrected chi connectivity index (χ0v) is 13.6. The molecule has 1 aliphatic rings. The summed E-state index contributed by atoms with van der Waals surface area (Å²) in [4.78, 5) is 3.69. The number of thiophene rings is 1. The first kappa shape index (κ1) is 15.5. The van der Waals surface area contributed by atoms with E-state index >= 15 is 0 Å². The summed E-state index contributed by atoms with van der Waals surface area (Å²) in [5, 5.41) is 26.6. The second kappa shape index (κ2) is 6.82. The van der Waals surface area contributed by atoms with Crippen LogP contribution in [0.2, 0.25) is 0 Å². The van der Waals surface area contributed by atoms with Crippen LogP contribution in [-0.4, -0.2) is 68.2 Å². The SMILES string of the molecule is CC1CN(CC(O)Cn2nnc(-c3ccsc3)n2)CC(C)O1. The summed E-state index contributed by atoms with van der Waals surface area (Å²) in [5.41, 5.74) is 0.960. The fourth-order valence-corrected chi connectivity index (χ4v) is 3.44. The molecule has 0 radical (unpaired) electrons. The first-order valence-electron chi connectivity index (χ1n) is 7.46. The van der Waals surface area contributed by atoms with Gasteiger partial charge in [0.25, 0.3) is 0 Å². The normalized spacial score (nSPS) is 24.5. The van der Waals surface area contributed by atoms with Crippen LogP contribution in [0.3, 0.4) is 0 Å². The number of aliphatic hydroxyl groups excluding tert-OH is 1. The Morgan fingerprint density at radius 3 is 2.82 bits per heavy atom. The van der Waals surface area contributed by atoms with Crippen LogP contribution in [0.25, 0.3) is 11.4 Å². The predicted molar refractivity (Wildman–Crippen MR) is 83.6 cm³/mol. The molecular weight excluding hydrogens is 302 g/mol. The molecule has 1 aliphatic heterocycles. The van der Waals surface area contributed by atoms with Crippen LogP contribution in [0, 0.1) is 0 Å². The summed E-state index contributed by atoms with van der Waals surface area (Å²) in [6.07, 6.45) is -0.127. The van der Waals surface area contributed by atoms with E-state index in [1.807, 2.05) is 16.8 Å². The molecule has 22 heavy (non-hydrogen) atoms. The molecule has 0 amide bonds. The third-order valence-corrected chi connectivity index (χ3v) is 4.25. The summed E-state index contributed by atoms with van der Waals surface area (Å²) >= 11 is 1.60. The van der Waals surface area contributed by atoms with Gasteiger partial charge in [-0.15, -0.1) is 10.2 Å². The molecule has 0 spiro atoms. The van der Waals surface area contributed by atoms with Crippen molar-refractivity contribution in [3.8, 4) is 11.4 Å². The zero-order chi connectivity index (χ0) is 15.5. The predicted octanol–water partition coefficient (Wildman–Crippen LogP) is 0.872. The topological polar surface area (TPSA) is 76.3 Å². The van der Waals surface area contributed by atoms with E-state index < -0.39 is 6.10 Å². The second-order valence-corrected chi connectivity index (χ2v) is 6.59. The smallest absolute Gasteiger partial charge is 0.205 e. The molecule has 1 fully saturated rings. The van der Waals surface area contributed by atoms with Crippen molar-refractivity contribution in [2.45, 2.75) is 38.7 Å². The molecule has 0 aliphatic carbocycles. The minimum absolute atomic E-state index is 0.200. The molecular formula is C14H21N5O2S. The van der Waals surface area contributed by atoms with Gasteiger partial charge in [-0.1, -0.05) is 0 Å². The van der Waals surface area contributed by atoms with Gasteiger partial charge in [0.15, 0.2) is 0 Å². The van der Waals surface area contributed by atoms with Crippen LogP contribution in [0.5, 0.6) is 0 Å². The lowest BCUT2D eigenvalue weighted by Crippen LogP contribution is -2.48. The van der Waals surface area contributed by atoms with Crippen LogP contribution in [-0.2, 0) is 11.3 Å². The summed E-state index contributed by atoms with van der Waals surface area (Å²) in [5.74, 6) is 0.599. The van der Waals surface area contributed by atoms with Crippen molar-refractivity contribution in [2.24, 2.45) is 0 Å². The van der Waals surface area contributed by atoms with Crippen molar-refractivity contribution in [1.82, 2.24) is 25.1 Å². The van der Waals surface area contributed by atoms with Crippen molar-refractivity contribution in [3.63, 3.8) is 0 Å². The highest BCUT2D eigenvalue weighted by atomic mass is 32.1. The Balaban J connectivity index is 1.54. The average molecular weight is 323 g/mol. The van der Waals surface area contributed by atoms with Crippen LogP contribution in [0.4, 0.5) is 0 Å². The van der Waals surface area contributed by atoms with E-state index in [9.17, 15) is 5.11 Å². The first-order valence-corrected chi connectivity index (χ1v) is 8.40. The molecule has 0 aromatic carbocycles. The van der Waals surface area contributed by atoms with E-state index in [1.54, 1.807) is 11.3 Å². The first-order chi connectivity index (χ1) is 10.6. The number of nitrogens with zero attached hydrogens (tertiary/aromatic N) is 5. The van der Waals surface area contributed by atoms with Gasteiger partial charge >= 0.3 is 0 Å². The Hall–Kier alpha value is -1.35. The maximum atomic E-state index is 10.3. The van der Waals surface area contributed by atoms with E-state index in [1.165, 1.54) is 4.80 Å². The Kier molecular flexibility index (Phi) is 4.82. The van der Waals surface area contributed by atoms with E-state index in [4.69, 9.17) is 4.74 Å². The number of aromatic nitrogens is 4. The molecule has 7 nitrogen and oxygen atoms in total. The molecule has 0 bridgehead atoms. The third-order valence-electron chi connectivity index (χ3n) is 3.57. The van der Waals surface area contributed by atoms with Crippen molar-refractivity contribution >= 4 is 11.3 Å². The van der Waals surface area contributed by atoms with Gasteiger partial charge < -0.3 is 9.84 Å². The van der Waals surface area contributed by atoms with Crippen LogP contribution in [0.1, 0.15) is 13.8 Å². The number of hydrogen-bond acceptors (Lipinski definition) is 7. The lowest BCUT2D eigenvalue weighted by Gasteiger charge is -2.36. The molecule has 8 heteroatoms. The number of morpholine rings is 1. The summed E-state index contributed by atoms with van der Waals surface area (Å²) in [7, 11) is 0. The monoisotopic (exact) mass is 323 g/mol. The Bertz CT molecular complexity index is 578. The molecule has 0 saturated carbocycles. The quantitative estimate of drug-likeness (QED) is 0.880. The van der Waals surface area contributed by atoms with Crippen LogP contribution in [0.15, 0.2) is 16.8 Å². The maximum absolute atomic E-state index is 10.3. The number of aliphatic hydroxyl groups is 1. The Morgan fingerprint density at radius 2 is 2.14 bits per heavy atom. The van der Waals surface area contributed by atoms with Gasteiger partial charge in [0, 0.05) is 30.6 Å². The molecule has 3 rings (SSSR count). The van der Waals surface area contributed by atoms with Gasteiger partial charge in [-0.3, -0.25) is 4.90 Å². The van der Waals surface area contributed by atoms with Crippen molar-refractivity contribution in [2.75, 3.05) is 19.6 Å². The highest BCUT2D eigenvalue weighted by Gasteiger charge is 2.24. The van der Waals surface area contributed by atoms with Gasteiger partial charge in [-0.05, 0) is 30.5 Å². The van der Waals surface area contributed by atoms with Crippen molar-refractivity contribution < 1.29 is 9.84 Å². The van der Waals surface area contributed by atoms with Gasteiger partial charge in [0.2, 0.25) is 5.82 Å². The number of hydrogen-bond donors (Lipinski definition) is 1. The number of rotatable bonds is 5. The molecule has 1 N–H and O–H groups in total. The number of β-amino-alcohol motifs (C(OH)–C–C–N with tert-alkyl or cyclic N) is 1. The molecule has 3 heterocycles. The minimum Gasteiger partial charge on any atom is -0.390 e. The van der Waals surface area contributed by atoms with Gasteiger partial charge in [-0.25, -0.2) is 0 Å². The lowest BCUT2D eigenvalue weighted by molar-refractivity contribution is -0.0776. The highest BCUT2D eigenvalue weighted by Crippen LogP contribution is 2.16. The Labute approximate surface area is 133 Å². The third kappa shape index (κ3) is 3.89. The fourth-order valence-electron chi connectivity index (χ4n) is 2.81. The van der Waals surface area contributed by atoms with Gasteiger partial charge in [0.1, 0.15) is 0 Å². The summed E-state index contributed by atoms with van der Waals surface area (Å²) in [6, 6.07) is 1.96. The van der Waals surface area contributed by atoms with Crippen LogP contribution >= 0.6 is 11.3 Å². The Morgan fingerprint density at radius 1 is 1.36 bits per heavy atom. The standard InChI is InChI=1S/C14H21N5O2S/c1-10-5-18(6-11(2)21-10)7-13(20)8-19-16-14(15-17-19)12-3-4-22-9-12/h3-4,9-11,13,20H,5-8H2,1-2H3. The van der Waals surface area contributed by atoms with Gasteiger partial charge in [0.05, 0.1) is 24.9 Å².